The second-order valence-corrected chi connectivity index (χ2v) is 4.76. The second kappa shape index (κ2) is 5.77. The minimum Gasteiger partial charge on any atom is -0.352 e. The van der Waals surface area contributed by atoms with Gasteiger partial charge >= 0.3 is 5.69 Å². The van der Waals surface area contributed by atoms with Gasteiger partial charge in [-0.25, -0.2) is 0 Å². The Labute approximate surface area is 110 Å². The summed E-state index contributed by atoms with van der Waals surface area (Å²) in [5.74, 6) is -0.530. The molecule has 102 valence electrons. The molecule has 0 aliphatic heterocycles. The summed E-state index contributed by atoms with van der Waals surface area (Å²) < 4.78 is 13.1. The van der Waals surface area contributed by atoms with Crippen molar-refractivity contribution in [1.29, 1.82) is 0 Å². The summed E-state index contributed by atoms with van der Waals surface area (Å²) in [5, 5.41) is 13.3. The molecule has 0 radical (unpaired) electrons. The normalized spacial score (nSPS) is 14.2. The van der Waals surface area contributed by atoms with Gasteiger partial charge in [0, 0.05) is 18.2 Å². The highest BCUT2D eigenvalue weighted by Crippen LogP contribution is 2.33. The predicted molar refractivity (Wildman–Crippen MR) is 67.3 cm³/mol. The highest BCUT2D eigenvalue weighted by atomic mass is 19.1. The SMILES string of the molecule is O=C(NCCCC1CC1)c1ccc(F)c([N+](=O)[O-])c1. The van der Waals surface area contributed by atoms with E-state index in [-0.39, 0.29) is 5.56 Å². The molecule has 0 bridgehead atoms. The maximum absolute atomic E-state index is 13.1. The van der Waals surface area contributed by atoms with Crippen LogP contribution in [0.5, 0.6) is 0 Å². The van der Waals surface area contributed by atoms with E-state index in [4.69, 9.17) is 0 Å². The Morgan fingerprint density at radius 3 is 2.84 bits per heavy atom. The highest BCUT2D eigenvalue weighted by molar-refractivity contribution is 5.94. The number of nitro benzene ring substituents is 1. The molecule has 1 aliphatic carbocycles. The monoisotopic (exact) mass is 266 g/mol. The molecular weight excluding hydrogens is 251 g/mol. The van der Waals surface area contributed by atoms with Crippen molar-refractivity contribution in [3.8, 4) is 0 Å². The predicted octanol–water partition coefficient (Wildman–Crippen LogP) is 2.65. The van der Waals surface area contributed by atoms with Crippen LogP contribution in [0.2, 0.25) is 0 Å². The van der Waals surface area contributed by atoms with Crippen LogP contribution in [0.4, 0.5) is 10.1 Å². The van der Waals surface area contributed by atoms with Crippen molar-refractivity contribution >= 4 is 11.6 Å². The molecule has 0 aromatic heterocycles. The fourth-order valence-electron chi connectivity index (χ4n) is 1.90. The molecule has 6 heteroatoms. The molecule has 1 aromatic carbocycles. The van der Waals surface area contributed by atoms with Gasteiger partial charge in [-0.3, -0.25) is 14.9 Å². The first-order valence-electron chi connectivity index (χ1n) is 6.30. The van der Waals surface area contributed by atoms with Crippen molar-refractivity contribution in [2.75, 3.05) is 6.54 Å². The molecule has 19 heavy (non-hydrogen) atoms. The van der Waals surface area contributed by atoms with E-state index < -0.39 is 22.3 Å². The minimum atomic E-state index is -0.935. The van der Waals surface area contributed by atoms with E-state index in [0.29, 0.717) is 6.54 Å². The zero-order valence-corrected chi connectivity index (χ0v) is 10.4. The van der Waals surface area contributed by atoms with Crippen LogP contribution in [0.25, 0.3) is 0 Å². The third-order valence-corrected chi connectivity index (χ3v) is 3.18. The van der Waals surface area contributed by atoms with Gasteiger partial charge in [0.05, 0.1) is 4.92 Å². The molecule has 5 nitrogen and oxygen atoms in total. The standard InChI is InChI=1S/C13H15FN2O3/c14-11-6-5-10(8-12(11)16(18)19)13(17)15-7-1-2-9-3-4-9/h5-6,8-9H,1-4,7H2,(H,15,17). The second-order valence-electron chi connectivity index (χ2n) is 4.76. The van der Waals surface area contributed by atoms with Crippen molar-refractivity contribution in [3.05, 3.63) is 39.7 Å². The first-order chi connectivity index (χ1) is 9.08. The van der Waals surface area contributed by atoms with Crippen molar-refractivity contribution < 1.29 is 14.1 Å². The summed E-state index contributed by atoms with van der Waals surface area (Å²) in [6.45, 7) is 0.542. The lowest BCUT2D eigenvalue weighted by atomic mass is 10.1. The molecule has 1 saturated carbocycles. The molecule has 0 saturated heterocycles. The lowest BCUT2D eigenvalue weighted by molar-refractivity contribution is -0.387. The van der Waals surface area contributed by atoms with Gasteiger partial charge in [-0.15, -0.1) is 0 Å². The lowest BCUT2D eigenvalue weighted by Crippen LogP contribution is -2.24. The van der Waals surface area contributed by atoms with Crippen LogP contribution in [-0.4, -0.2) is 17.4 Å². The van der Waals surface area contributed by atoms with E-state index in [1.807, 2.05) is 0 Å². The van der Waals surface area contributed by atoms with Crippen LogP contribution in [0.15, 0.2) is 18.2 Å². The Hall–Kier alpha value is -1.98. The molecule has 0 spiro atoms. The molecule has 1 fully saturated rings. The van der Waals surface area contributed by atoms with Gasteiger partial charge in [0.25, 0.3) is 5.91 Å². The number of amides is 1. The van der Waals surface area contributed by atoms with Crippen molar-refractivity contribution in [2.45, 2.75) is 25.7 Å². The van der Waals surface area contributed by atoms with Gasteiger partial charge < -0.3 is 5.32 Å². The van der Waals surface area contributed by atoms with E-state index in [2.05, 4.69) is 5.32 Å². The van der Waals surface area contributed by atoms with E-state index in [0.717, 1.165) is 30.9 Å². The fraction of sp³-hybridized carbons (Fsp3) is 0.462. The summed E-state index contributed by atoms with van der Waals surface area (Å²) in [6, 6.07) is 3.15. The van der Waals surface area contributed by atoms with Gasteiger partial charge in [0.1, 0.15) is 0 Å². The average molecular weight is 266 g/mol. The molecular formula is C13H15FN2O3. The number of nitrogens with zero attached hydrogens (tertiary/aromatic N) is 1. The van der Waals surface area contributed by atoms with E-state index in [1.54, 1.807) is 0 Å². The Bertz CT molecular complexity index is 501. The Morgan fingerprint density at radius 2 is 2.21 bits per heavy atom. The van der Waals surface area contributed by atoms with Crippen LogP contribution in [0.3, 0.4) is 0 Å². The van der Waals surface area contributed by atoms with Gasteiger partial charge in [0.2, 0.25) is 5.82 Å². The number of benzene rings is 1. The Kier molecular flexibility index (Phi) is 4.09. The van der Waals surface area contributed by atoms with Crippen LogP contribution >= 0.6 is 0 Å². The molecule has 1 amide bonds. The largest absolute Gasteiger partial charge is 0.352 e. The molecule has 0 unspecified atom stereocenters. The summed E-state index contributed by atoms with van der Waals surface area (Å²) >= 11 is 0. The number of hydrogen-bond donors (Lipinski definition) is 1. The van der Waals surface area contributed by atoms with Crippen LogP contribution in [0, 0.1) is 21.8 Å². The van der Waals surface area contributed by atoms with E-state index in [9.17, 15) is 19.3 Å². The molecule has 1 aliphatic rings. The van der Waals surface area contributed by atoms with Crippen LogP contribution < -0.4 is 5.32 Å². The zero-order valence-electron chi connectivity index (χ0n) is 10.4. The van der Waals surface area contributed by atoms with Crippen molar-refractivity contribution in [1.82, 2.24) is 5.32 Å². The summed E-state index contributed by atoms with van der Waals surface area (Å²) in [5.41, 5.74) is -0.565. The quantitative estimate of drug-likeness (QED) is 0.488. The fourth-order valence-corrected chi connectivity index (χ4v) is 1.90. The maximum atomic E-state index is 13.1. The van der Waals surface area contributed by atoms with Gasteiger partial charge in [-0.05, 0) is 30.9 Å². The van der Waals surface area contributed by atoms with Crippen LogP contribution in [0.1, 0.15) is 36.0 Å². The maximum Gasteiger partial charge on any atom is 0.305 e. The van der Waals surface area contributed by atoms with Crippen LogP contribution in [-0.2, 0) is 0 Å². The van der Waals surface area contributed by atoms with Crippen molar-refractivity contribution in [3.63, 3.8) is 0 Å². The lowest BCUT2D eigenvalue weighted by Gasteiger charge is -2.05. The third-order valence-electron chi connectivity index (χ3n) is 3.18. The summed E-state index contributed by atoms with van der Waals surface area (Å²) in [4.78, 5) is 21.5. The Balaban J connectivity index is 1.90. The van der Waals surface area contributed by atoms with Gasteiger partial charge in [-0.2, -0.15) is 4.39 Å². The third kappa shape index (κ3) is 3.74. The van der Waals surface area contributed by atoms with Crippen molar-refractivity contribution in [2.24, 2.45) is 5.92 Å². The molecule has 2 rings (SSSR count). The van der Waals surface area contributed by atoms with E-state index >= 15 is 0 Å². The number of rotatable bonds is 6. The minimum absolute atomic E-state index is 0.111. The smallest absolute Gasteiger partial charge is 0.305 e. The Morgan fingerprint density at radius 1 is 1.47 bits per heavy atom. The molecule has 0 heterocycles. The first kappa shape index (κ1) is 13.5. The van der Waals surface area contributed by atoms with Gasteiger partial charge in [0.15, 0.2) is 0 Å². The molecule has 0 atom stereocenters. The highest BCUT2D eigenvalue weighted by Gasteiger charge is 2.20. The van der Waals surface area contributed by atoms with Gasteiger partial charge in [-0.1, -0.05) is 12.8 Å². The summed E-state index contributed by atoms with van der Waals surface area (Å²) in [6.07, 6.45) is 4.56. The first-order valence-corrected chi connectivity index (χ1v) is 6.30. The van der Waals surface area contributed by atoms with E-state index in [1.165, 1.54) is 18.9 Å². The molecule has 1 N–H and O–H groups in total. The topological polar surface area (TPSA) is 72.2 Å². The number of halogens is 1. The number of nitrogens with one attached hydrogen (secondary N) is 1. The number of hydrogen-bond acceptors (Lipinski definition) is 3. The average Bonchev–Trinajstić information content (AvgIpc) is 3.18. The summed E-state index contributed by atoms with van der Waals surface area (Å²) in [7, 11) is 0. The zero-order chi connectivity index (χ0) is 13.8. The number of carbonyl (C=O) groups excluding carboxylic acids is 1. The number of carbonyl (C=O) groups is 1. The number of nitro groups is 1. The molecule has 1 aromatic rings.